The van der Waals surface area contributed by atoms with Crippen molar-refractivity contribution >= 4 is 45.6 Å². The second kappa shape index (κ2) is 12.9. The molecule has 1 spiro atoms. The topological polar surface area (TPSA) is 132 Å². The Kier molecular flexibility index (Phi) is 7.97. The van der Waals surface area contributed by atoms with E-state index in [4.69, 9.17) is 24.4 Å². The van der Waals surface area contributed by atoms with Crippen molar-refractivity contribution in [3.63, 3.8) is 0 Å². The van der Waals surface area contributed by atoms with E-state index in [0.29, 0.717) is 90.5 Å². The van der Waals surface area contributed by atoms with Gasteiger partial charge in [-0.15, -0.1) is 0 Å². The Balaban J connectivity index is 1.10. The van der Waals surface area contributed by atoms with Crippen molar-refractivity contribution in [1.82, 2.24) is 39.2 Å². The average molecular weight is 766 g/mol. The van der Waals surface area contributed by atoms with Gasteiger partial charge in [0.1, 0.15) is 40.8 Å². The third-order valence-corrected chi connectivity index (χ3v) is 11.7. The molecule has 56 heavy (non-hydrogen) atoms. The summed E-state index contributed by atoms with van der Waals surface area (Å²) in [6.45, 7) is 4.57. The molecule has 14 nitrogen and oxygen atoms in total. The Morgan fingerprint density at radius 2 is 1.84 bits per heavy atom. The number of nitrogens with one attached hydrogen (secondary N) is 1. The van der Waals surface area contributed by atoms with Gasteiger partial charge in [-0.1, -0.05) is 6.07 Å². The average Bonchev–Trinajstić information content (AvgIpc) is 3.84. The predicted molar refractivity (Wildman–Crippen MR) is 201 cm³/mol. The van der Waals surface area contributed by atoms with Gasteiger partial charge in [-0.25, -0.2) is 27.8 Å². The highest BCUT2D eigenvalue weighted by molar-refractivity contribution is 5.94. The number of hydrogen-bond acceptors (Lipinski definition) is 11. The molecule has 4 aromatic heterocycles. The zero-order valence-electron chi connectivity index (χ0n) is 30.9. The molecule has 2 aromatic carbocycles. The van der Waals surface area contributed by atoms with E-state index >= 15 is 8.78 Å². The van der Waals surface area contributed by atoms with Crippen LogP contribution >= 0.6 is 0 Å². The van der Waals surface area contributed by atoms with Crippen LogP contribution in [0.5, 0.6) is 0 Å². The Morgan fingerprint density at radius 1 is 0.982 bits per heavy atom. The number of carbonyl (C=O) groups excluding carboxylic acids is 1. The summed E-state index contributed by atoms with van der Waals surface area (Å²) >= 11 is 0. The number of anilines is 3. The number of pyridine rings is 1. The minimum absolute atomic E-state index is 0.0282. The summed E-state index contributed by atoms with van der Waals surface area (Å²) in [5.74, 6) is 0.0218. The number of aromatic nitrogens is 7. The fourth-order valence-electron chi connectivity index (χ4n) is 8.65. The molecule has 3 atom stereocenters. The number of imidazole rings is 1. The summed E-state index contributed by atoms with van der Waals surface area (Å²) in [4.78, 5) is 40.2. The lowest BCUT2D eigenvalue weighted by atomic mass is 9.83. The number of methoxy groups -OCH3 is 1. The van der Waals surface area contributed by atoms with Crippen molar-refractivity contribution in [3.8, 4) is 16.9 Å². The number of rotatable bonds is 4. The third kappa shape index (κ3) is 5.46. The van der Waals surface area contributed by atoms with Gasteiger partial charge in [0.2, 0.25) is 11.9 Å². The molecule has 4 bridgehead atoms. The predicted octanol–water partition coefficient (Wildman–Crippen LogP) is 4.48. The number of halogens is 3. The molecular weight excluding hydrogens is 727 g/mol. The zero-order chi connectivity index (χ0) is 38.5. The van der Waals surface area contributed by atoms with Crippen LogP contribution in [-0.2, 0) is 20.8 Å². The van der Waals surface area contributed by atoms with Crippen LogP contribution in [0.1, 0.15) is 18.7 Å². The number of fused-ring (bicyclic) bond motifs is 6. The van der Waals surface area contributed by atoms with Crippen LogP contribution in [0.25, 0.3) is 39.0 Å². The van der Waals surface area contributed by atoms with Crippen molar-refractivity contribution < 1.29 is 27.4 Å². The molecule has 6 aromatic rings. The highest BCUT2D eigenvalue weighted by Crippen LogP contribution is 2.42. The Labute approximate surface area is 318 Å². The standard InChI is InChI=1S/C39H38F3N11O3/c1-21-44-30-13-23(41)11-26-29-5-4-6-33(46-29)45-24-14-32(37(54)49(2)17-25(55-3)18-50(21)34(26)30)51(16-24)35-27-15-43-53(31-8-7-22(40)12-28(31)42)36(27)48-38(47-35)52-10-9-39(52)19-56-20-39/h4-8,11-13,15,24-25,32H,9-10,14,16-20H2,1-3H3,(H,45,46)/t24-,25-,32-/m0/s1. The molecule has 4 aliphatic heterocycles. The summed E-state index contributed by atoms with van der Waals surface area (Å²) in [6, 6.07) is 10.8. The summed E-state index contributed by atoms with van der Waals surface area (Å²) in [7, 11) is 3.36. The number of hydrogen-bond donors (Lipinski definition) is 1. The van der Waals surface area contributed by atoms with Crippen LogP contribution in [0.3, 0.4) is 0 Å². The molecule has 8 heterocycles. The molecular formula is C39H38F3N11O3. The molecule has 3 saturated heterocycles. The van der Waals surface area contributed by atoms with Crippen molar-refractivity contribution in [2.45, 2.75) is 50.0 Å². The summed E-state index contributed by atoms with van der Waals surface area (Å²) in [5, 5.41) is 8.59. The van der Waals surface area contributed by atoms with Crippen molar-refractivity contribution in [2.24, 2.45) is 0 Å². The van der Waals surface area contributed by atoms with Crippen LogP contribution in [0.2, 0.25) is 0 Å². The van der Waals surface area contributed by atoms with Crippen LogP contribution in [0.15, 0.2) is 54.7 Å². The molecule has 10 rings (SSSR count). The van der Waals surface area contributed by atoms with Crippen molar-refractivity contribution in [2.75, 3.05) is 62.1 Å². The Bertz CT molecular complexity index is 2550. The maximum atomic E-state index is 15.3. The zero-order valence-corrected chi connectivity index (χ0v) is 30.9. The molecule has 0 saturated carbocycles. The lowest BCUT2D eigenvalue weighted by Gasteiger charge is -2.57. The number of ether oxygens (including phenoxy) is 2. The summed E-state index contributed by atoms with van der Waals surface area (Å²) in [6.07, 6.45) is 2.41. The maximum Gasteiger partial charge on any atom is 0.245 e. The van der Waals surface area contributed by atoms with Gasteiger partial charge < -0.3 is 34.1 Å². The number of amides is 1. The van der Waals surface area contributed by atoms with E-state index in [1.807, 2.05) is 34.6 Å². The van der Waals surface area contributed by atoms with E-state index in [1.54, 1.807) is 25.3 Å². The fraction of sp³-hybridized carbons (Fsp3) is 0.385. The molecule has 3 fully saturated rings. The molecule has 1 amide bonds. The first-order valence-corrected chi connectivity index (χ1v) is 18.6. The third-order valence-electron chi connectivity index (χ3n) is 11.7. The number of likely N-dealkylation sites (N-methyl/N-ethyl adjacent to an activating group) is 1. The van der Waals surface area contributed by atoms with E-state index in [9.17, 15) is 9.18 Å². The van der Waals surface area contributed by atoms with Gasteiger partial charge >= 0.3 is 0 Å². The first-order valence-electron chi connectivity index (χ1n) is 18.6. The van der Waals surface area contributed by atoms with Crippen LogP contribution in [0, 0.1) is 24.4 Å². The molecule has 4 aliphatic rings. The quantitative estimate of drug-likeness (QED) is 0.273. The first kappa shape index (κ1) is 34.7. The smallest absolute Gasteiger partial charge is 0.245 e. The van der Waals surface area contributed by atoms with E-state index < -0.39 is 29.6 Å². The lowest BCUT2D eigenvalue weighted by Crippen LogP contribution is -2.71. The lowest BCUT2D eigenvalue weighted by molar-refractivity contribution is -0.132. The van der Waals surface area contributed by atoms with Crippen molar-refractivity contribution in [3.05, 3.63) is 78.0 Å². The minimum atomic E-state index is -0.794. The van der Waals surface area contributed by atoms with Crippen LogP contribution in [0.4, 0.5) is 30.8 Å². The second-order valence-electron chi connectivity index (χ2n) is 15.2. The van der Waals surface area contributed by atoms with Gasteiger partial charge in [-0.05, 0) is 50.1 Å². The summed E-state index contributed by atoms with van der Waals surface area (Å²) < 4.78 is 59.3. The number of carbonyl (C=O) groups is 1. The molecule has 17 heteroatoms. The molecule has 0 radical (unpaired) electrons. The molecule has 1 N–H and O–H groups in total. The van der Waals surface area contributed by atoms with Gasteiger partial charge in [-0.2, -0.15) is 15.1 Å². The van der Waals surface area contributed by atoms with Gasteiger partial charge in [0.05, 0.1) is 59.7 Å². The number of aryl methyl sites for hydroxylation is 1. The van der Waals surface area contributed by atoms with Gasteiger partial charge in [0, 0.05) is 57.5 Å². The van der Waals surface area contributed by atoms with Gasteiger partial charge in [-0.3, -0.25) is 4.79 Å². The monoisotopic (exact) mass is 765 g/mol. The van der Waals surface area contributed by atoms with E-state index in [0.717, 1.165) is 18.0 Å². The largest absolute Gasteiger partial charge is 0.378 e. The molecule has 288 valence electrons. The SMILES string of the molecule is CO[C@H]1CN(C)C(=O)[C@@H]2C[C@@H](CN2c2nc(N3CCC34COC4)nc3c2cnn3-c2ccc(F)cc2F)Nc2cccc(n2)-c2cc(F)cc3nc(C)n(c23)C1. The Morgan fingerprint density at radius 3 is 2.59 bits per heavy atom. The van der Waals surface area contributed by atoms with Crippen LogP contribution < -0.4 is 15.1 Å². The first-order chi connectivity index (χ1) is 27.1. The summed E-state index contributed by atoms with van der Waals surface area (Å²) in [5.41, 5.74) is 2.50. The number of benzene rings is 2. The van der Waals surface area contributed by atoms with E-state index in [2.05, 4.69) is 20.3 Å². The minimum Gasteiger partial charge on any atom is -0.378 e. The maximum absolute atomic E-state index is 15.3. The highest BCUT2D eigenvalue weighted by atomic mass is 19.1. The second-order valence-corrected chi connectivity index (χ2v) is 15.2. The fourth-order valence-corrected chi connectivity index (χ4v) is 8.65. The highest BCUT2D eigenvalue weighted by Gasteiger charge is 2.52. The Hall–Kier alpha value is -5.81. The van der Waals surface area contributed by atoms with E-state index in [1.165, 1.54) is 28.9 Å². The number of nitrogens with zero attached hydrogens (tertiary/aromatic N) is 10. The van der Waals surface area contributed by atoms with Gasteiger partial charge in [0.15, 0.2) is 11.5 Å². The molecule has 0 unspecified atom stereocenters. The van der Waals surface area contributed by atoms with Crippen molar-refractivity contribution in [1.29, 1.82) is 0 Å². The normalized spacial score (nSPS) is 21.9. The van der Waals surface area contributed by atoms with Gasteiger partial charge in [0.25, 0.3) is 0 Å². The van der Waals surface area contributed by atoms with E-state index in [-0.39, 0.29) is 29.7 Å². The molecule has 0 aliphatic carbocycles. The van der Waals surface area contributed by atoms with Crippen LogP contribution in [-0.4, -0.2) is 116 Å².